The molecule has 166 valence electrons. The van der Waals surface area contributed by atoms with E-state index in [1.807, 2.05) is 49.4 Å². The summed E-state index contributed by atoms with van der Waals surface area (Å²) in [7, 11) is 1.60. The number of hydrogen-bond donors (Lipinski definition) is 2. The summed E-state index contributed by atoms with van der Waals surface area (Å²) in [4.78, 5) is 29.4. The quantitative estimate of drug-likeness (QED) is 0.682. The van der Waals surface area contributed by atoms with Crippen LogP contribution in [0.2, 0.25) is 0 Å². The standard InChI is InChI=1S/C24H32N4O3/c1-4-19-8-5-6-11-22(19)26-23(29)17-27-12-14-28(15-13-27)18(2)24(30)25-20-9-7-10-21(16-20)31-3/h5-11,16,18H,4,12-15,17H2,1-3H3,(H,25,30)(H,26,29)/t18-/m0/s1. The lowest BCUT2D eigenvalue weighted by Gasteiger charge is -2.37. The van der Waals surface area contributed by atoms with Crippen molar-refractivity contribution in [2.45, 2.75) is 26.3 Å². The van der Waals surface area contributed by atoms with Crippen LogP contribution in [0.4, 0.5) is 11.4 Å². The van der Waals surface area contributed by atoms with Gasteiger partial charge in [0.25, 0.3) is 0 Å². The van der Waals surface area contributed by atoms with Gasteiger partial charge in [-0.3, -0.25) is 19.4 Å². The van der Waals surface area contributed by atoms with Gasteiger partial charge in [0.15, 0.2) is 0 Å². The SMILES string of the molecule is CCc1ccccc1NC(=O)CN1CCN([C@@H](C)C(=O)Nc2cccc(OC)c2)CC1. The molecule has 0 aliphatic carbocycles. The minimum Gasteiger partial charge on any atom is -0.497 e. The van der Waals surface area contributed by atoms with Crippen molar-refractivity contribution in [3.63, 3.8) is 0 Å². The molecule has 7 nitrogen and oxygen atoms in total. The van der Waals surface area contributed by atoms with Crippen LogP contribution in [0.3, 0.4) is 0 Å². The number of aryl methyl sites for hydroxylation is 1. The van der Waals surface area contributed by atoms with E-state index < -0.39 is 0 Å². The number of benzene rings is 2. The van der Waals surface area contributed by atoms with E-state index in [9.17, 15) is 9.59 Å². The van der Waals surface area contributed by atoms with E-state index in [1.165, 1.54) is 0 Å². The molecule has 3 rings (SSSR count). The number of methoxy groups -OCH3 is 1. The summed E-state index contributed by atoms with van der Waals surface area (Å²) in [5, 5.41) is 5.99. The molecule has 2 aromatic carbocycles. The number of hydrogen-bond acceptors (Lipinski definition) is 5. The molecular formula is C24H32N4O3. The van der Waals surface area contributed by atoms with Crippen LogP contribution >= 0.6 is 0 Å². The number of carbonyl (C=O) groups excluding carboxylic acids is 2. The Bertz CT molecular complexity index is 894. The highest BCUT2D eigenvalue weighted by molar-refractivity contribution is 5.95. The number of para-hydroxylation sites is 1. The van der Waals surface area contributed by atoms with Crippen molar-refractivity contribution < 1.29 is 14.3 Å². The van der Waals surface area contributed by atoms with Crippen LogP contribution in [0.1, 0.15) is 19.4 Å². The zero-order chi connectivity index (χ0) is 22.2. The Morgan fingerprint density at radius 1 is 1.03 bits per heavy atom. The molecule has 1 atom stereocenters. The lowest BCUT2D eigenvalue weighted by atomic mass is 10.1. The molecule has 1 aliphatic rings. The average molecular weight is 425 g/mol. The van der Waals surface area contributed by atoms with Crippen molar-refractivity contribution >= 4 is 23.2 Å². The molecule has 0 spiro atoms. The van der Waals surface area contributed by atoms with E-state index in [1.54, 1.807) is 13.2 Å². The molecule has 0 bridgehead atoms. The summed E-state index contributed by atoms with van der Waals surface area (Å²) in [6.07, 6.45) is 0.880. The van der Waals surface area contributed by atoms with Crippen molar-refractivity contribution in [3.05, 3.63) is 54.1 Å². The number of ether oxygens (including phenoxy) is 1. The molecular weight excluding hydrogens is 392 g/mol. The largest absolute Gasteiger partial charge is 0.497 e. The van der Waals surface area contributed by atoms with Gasteiger partial charge in [0.05, 0.1) is 19.7 Å². The molecule has 1 heterocycles. The Balaban J connectivity index is 1.46. The third kappa shape index (κ3) is 6.29. The number of nitrogens with one attached hydrogen (secondary N) is 2. The molecule has 0 unspecified atom stereocenters. The van der Waals surface area contributed by atoms with Crippen LogP contribution in [0, 0.1) is 0 Å². The smallest absolute Gasteiger partial charge is 0.241 e. The van der Waals surface area contributed by atoms with Gasteiger partial charge in [-0.1, -0.05) is 31.2 Å². The van der Waals surface area contributed by atoms with E-state index in [0.717, 1.165) is 49.5 Å². The lowest BCUT2D eigenvalue weighted by molar-refractivity contribution is -0.122. The van der Waals surface area contributed by atoms with E-state index in [0.29, 0.717) is 12.3 Å². The van der Waals surface area contributed by atoms with Crippen LogP contribution in [0.5, 0.6) is 5.75 Å². The Hall–Kier alpha value is -2.90. The monoisotopic (exact) mass is 424 g/mol. The van der Waals surface area contributed by atoms with Crippen LogP contribution in [0.15, 0.2) is 48.5 Å². The second kappa shape index (κ2) is 10.9. The highest BCUT2D eigenvalue weighted by Crippen LogP contribution is 2.18. The molecule has 1 aliphatic heterocycles. The number of nitrogens with zero attached hydrogens (tertiary/aromatic N) is 2. The summed E-state index contributed by atoms with van der Waals surface area (Å²) < 4.78 is 5.21. The van der Waals surface area contributed by atoms with Crippen molar-refractivity contribution in [1.29, 1.82) is 0 Å². The number of piperazine rings is 1. The third-order valence-electron chi connectivity index (χ3n) is 5.71. The number of amides is 2. The van der Waals surface area contributed by atoms with E-state index >= 15 is 0 Å². The predicted octanol–water partition coefficient (Wildman–Crippen LogP) is 2.84. The third-order valence-corrected chi connectivity index (χ3v) is 5.71. The first-order valence-corrected chi connectivity index (χ1v) is 10.8. The number of anilines is 2. The molecule has 31 heavy (non-hydrogen) atoms. The van der Waals surface area contributed by atoms with Gasteiger partial charge in [-0.15, -0.1) is 0 Å². The molecule has 2 N–H and O–H groups in total. The molecule has 0 radical (unpaired) electrons. The summed E-state index contributed by atoms with van der Waals surface area (Å²) in [5.74, 6) is 0.660. The van der Waals surface area contributed by atoms with Gasteiger partial charge < -0.3 is 15.4 Å². The van der Waals surface area contributed by atoms with Gasteiger partial charge in [-0.25, -0.2) is 0 Å². The number of carbonyl (C=O) groups is 2. The summed E-state index contributed by atoms with van der Waals surface area (Å²) in [6, 6.07) is 15.0. The Morgan fingerprint density at radius 3 is 2.48 bits per heavy atom. The summed E-state index contributed by atoms with van der Waals surface area (Å²) in [6.45, 7) is 7.34. The van der Waals surface area contributed by atoms with Crippen LogP contribution in [-0.2, 0) is 16.0 Å². The Kier molecular flexibility index (Phi) is 8.03. The predicted molar refractivity (Wildman–Crippen MR) is 124 cm³/mol. The van der Waals surface area contributed by atoms with Gasteiger partial charge in [0.1, 0.15) is 5.75 Å². The average Bonchev–Trinajstić information content (AvgIpc) is 2.79. The molecule has 0 aromatic heterocycles. The Morgan fingerprint density at radius 2 is 1.77 bits per heavy atom. The maximum atomic E-state index is 12.7. The zero-order valence-electron chi connectivity index (χ0n) is 18.6. The molecule has 1 saturated heterocycles. The van der Waals surface area contributed by atoms with E-state index in [2.05, 4.69) is 27.4 Å². The summed E-state index contributed by atoms with van der Waals surface area (Å²) in [5.41, 5.74) is 2.74. The van der Waals surface area contributed by atoms with Crippen molar-refractivity contribution in [2.75, 3.05) is 50.5 Å². The maximum Gasteiger partial charge on any atom is 0.241 e. The Labute approximate surface area is 184 Å². The minimum atomic E-state index is -0.251. The van der Waals surface area contributed by atoms with Gasteiger partial charge in [-0.2, -0.15) is 0 Å². The first-order valence-electron chi connectivity index (χ1n) is 10.8. The van der Waals surface area contributed by atoms with Gasteiger partial charge >= 0.3 is 0 Å². The molecule has 0 saturated carbocycles. The lowest BCUT2D eigenvalue weighted by Crippen LogP contribution is -2.53. The summed E-state index contributed by atoms with van der Waals surface area (Å²) >= 11 is 0. The second-order valence-electron chi connectivity index (χ2n) is 7.77. The van der Waals surface area contributed by atoms with Crippen LogP contribution in [-0.4, -0.2) is 67.5 Å². The van der Waals surface area contributed by atoms with E-state index in [-0.39, 0.29) is 17.9 Å². The van der Waals surface area contributed by atoms with Crippen molar-refractivity contribution in [2.24, 2.45) is 0 Å². The highest BCUT2D eigenvalue weighted by atomic mass is 16.5. The molecule has 1 fully saturated rings. The molecule has 2 amide bonds. The highest BCUT2D eigenvalue weighted by Gasteiger charge is 2.26. The van der Waals surface area contributed by atoms with Crippen LogP contribution in [0.25, 0.3) is 0 Å². The zero-order valence-corrected chi connectivity index (χ0v) is 18.6. The van der Waals surface area contributed by atoms with E-state index in [4.69, 9.17) is 4.74 Å². The number of rotatable bonds is 8. The minimum absolute atomic E-state index is 0.00170. The fourth-order valence-electron chi connectivity index (χ4n) is 3.77. The van der Waals surface area contributed by atoms with Gasteiger partial charge in [0, 0.05) is 43.6 Å². The topological polar surface area (TPSA) is 73.9 Å². The van der Waals surface area contributed by atoms with Gasteiger partial charge in [0.2, 0.25) is 11.8 Å². The molecule has 2 aromatic rings. The van der Waals surface area contributed by atoms with Crippen molar-refractivity contribution in [1.82, 2.24) is 9.80 Å². The van der Waals surface area contributed by atoms with Crippen LogP contribution < -0.4 is 15.4 Å². The van der Waals surface area contributed by atoms with Gasteiger partial charge in [-0.05, 0) is 37.1 Å². The second-order valence-corrected chi connectivity index (χ2v) is 7.77. The molecule has 7 heteroatoms. The van der Waals surface area contributed by atoms with Crippen molar-refractivity contribution in [3.8, 4) is 5.75 Å². The first kappa shape index (κ1) is 22.8. The normalized spacial score (nSPS) is 15.8. The first-order chi connectivity index (χ1) is 15.0. The maximum absolute atomic E-state index is 12.7. The fraction of sp³-hybridized carbons (Fsp3) is 0.417. The fourth-order valence-corrected chi connectivity index (χ4v) is 3.77.